The van der Waals surface area contributed by atoms with Gasteiger partial charge in [-0.25, -0.2) is 8.42 Å². The molecule has 0 aliphatic carbocycles. The lowest BCUT2D eigenvalue weighted by Gasteiger charge is -2.23. The third kappa shape index (κ3) is 5.41. The van der Waals surface area contributed by atoms with E-state index in [0.717, 1.165) is 10.0 Å². The highest BCUT2D eigenvalue weighted by molar-refractivity contribution is 9.10. The normalized spacial score (nSPS) is 13.8. The minimum atomic E-state index is -3.73. The molecule has 2 N–H and O–H groups in total. The summed E-state index contributed by atoms with van der Waals surface area (Å²) in [5.41, 5.74) is 0.398. The molecule has 0 bridgehead atoms. The molecular formula is C14H21BrN2O3S. The minimum Gasteiger partial charge on any atom is -0.350 e. The van der Waals surface area contributed by atoms with Crippen LogP contribution in [0.3, 0.4) is 0 Å². The Morgan fingerprint density at radius 2 is 1.86 bits per heavy atom. The van der Waals surface area contributed by atoms with Crippen molar-refractivity contribution in [1.29, 1.82) is 0 Å². The second-order valence-electron chi connectivity index (χ2n) is 5.99. The van der Waals surface area contributed by atoms with Gasteiger partial charge in [-0.2, -0.15) is 4.72 Å². The first-order chi connectivity index (χ1) is 9.42. The molecule has 1 aromatic rings. The van der Waals surface area contributed by atoms with Gasteiger partial charge in [0.05, 0.1) is 10.9 Å². The molecule has 1 unspecified atom stereocenters. The van der Waals surface area contributed by atoms with Gasteiger partial charge in [0.15, 0.2) is 0 Å². The molecule has 0 saturated heterocycles. The van der Waals surface area contributed by atoms with E-state index in [1.807, 2.05) is 20.8 Å². The summed E-state index contributed by atoms with van der Waals surface area (Å²) in [5, 5.41) is 2.74. The Labute approximate surface area is 134 Å². The van der Waals surface area contributed by atoms with Crippen LogP contribution in [-0.4, -0.2) is 25.9 Å². The van der Waals surface area contributed by atoms with E-state index in [9.17, 15) is 13.2 Å². The number of rotatable bonds is 4. The maximum atomic E-state index is 12.3. The molecule has 0 heterocycles. The van der Waals surface area contributed by atoms with Crippen molar-refractivity contribution in [3.8, 4) is 0 Å². The molecule has 0 aliphatic rings. The first kappa shape index (κ1) is 18.1. The van der Waals surface area contributed by atoms with Crippen LogP contribution in [0.4, 0.5) is 0 Å². The minimum absolute atomic E-state index is 0.138. The number of amides is 1. The van der Waals surface area contributed by atoms with Crippen molar-refractivity contribution in [3.63, 3.8) is 0 Å². The summed E-state index contributed by atoms with van der Waals surface area (Å²) < 4.78 is 27.8. The number of nitrogens with one attached hydrogen (secondary N) is 2. The summed E-state index contributed by atoms with van der Waals surface area (Å²) >= 11 is 3.32. The zero-order valence-corrected chi connectivity index (χ0v) is 15.2. The second-order valence-corrected chi connectivity index (χ2v) is 8.56. The summed E-state index contributed by atoms with van der Waals surface area (Å²) in [6.45, 7) is 8.84. The fourth-order valence-electron chi connectivity index (χ4n) is 1.62. The molecule has 21 heavy (non-hydrogen) atoms. The van der Waals surface area contributed by atoms with Gasteiger partial charge >= 0.3 is 0 Å². The number of hydrogen-bond donors (Lipinski definition) is 2. The Balaban J connectivity index is 2.89. The summed E-state index contributed by atoms with van der Waals surface area (Å²) in [6, 6.07) is 3.87. The van der Waals surface area contributed by atoms with Gasteiger partial charge in [-0.05, 0) is 58.4 Å². The van der Waals surface area contributed by atoms with Crippen LogP contribution in [0.15, 0.2) is 27.6 Å². The van der Waals surface area contributed by atoms with E-state index < -0.39 is 21.6 Å². The lowest BCUT2D eigenvalue weighted by Crippen LogP contribution is -2.50. The van der Waals surface area contributed by atoms with Crippen LogP contribution in [0.1, 0.15) is 33.3 Å². The summed E-state index contributed by atoms with van der Waals surface area (Å²) in [5.74, 6) is -0.361. The highest BCUT2D eigenvalue weighted by Gasteiger charge is 2.24. The highest BCUT2D eigenvalue weighted by Crippen LogP contribution is 2.20. The molecule has 1 atom stereocenters. The summed E-state index contributed by atoms with van der Waals surface area (Å²) in [7, 11) is -3.73. The molecule has 0 aromatic heterocycles. The van der Waals surface area contributed by atoms with Gasteiger partial charge in [0.25, 0.3) is 0 Å². The van der Waals surface area contributed by atoms with Gasteiger partial charge in [-0.3, -0.25) is 4.79 Å². The first-order valence-corrected chi connectivity index (χ1v) is 8.80. The standard InChI is InChI=1S/C14H21BrN2O3S/c1-9-8-11(6-7-12(9)15)21(19,20)17-10(2)13(18)16-14(3,4)5/h6-8,10,17H,1-5H3,(H,16,18). The monoisotopic (exact) mass is 376 g/mol. The van der Waals surface area contributed by atoms with Gasteiger partial charge in [-0.15, -0.1) is 0 Å². The molecule has 0 fully saturated rings. The van der Waals surface area contributed by atoms with Crippen molar-refractivity contribution >= 4 is 31.9 Å². The van der Waals surface area contributed by atoms with Crippen molar-refractivity contribution in [1.82, 2.24) is 10.0 Å². The second kappa shape index (κ2) is 6.46. The third-order valence-electron chi connectivity index (χ3n) is 2.66. The topological polar surface area (TPSA) is 75.3 Å². The van der Waals surface area contributed by atoms with E-state index in [1.165, 1.54) is 13.0 Å². The Morgan fingerprint density at radius 1 is 1.29 bits per heavy atom. The molecule has 118 valence electrons. The molecule has 1 aromatic carbocycles. The third-order valence-corrected chi connectivity index (χ3v) is 5.09. The number of halogens is 1. The Bertz CT molecular complexity index is 636. The maximum Gasteiger partial charge on any atom is 0.241 e. The molecule has 0 saturated carbocycles. The van der Waals surface area contributed by atoms with Crippen LogP contribution >= 0.6 is 15.9 Å². The Kier molecular flexibility index (Phi) is 5.57. The number of benzene rings is 1. The van der Waals surface area contributed by atoms with Crippen LogP contribution in [0.5, 0.6) is 0 Å². The van der Waals surface area contributed by atoms with Crippen molar-refractivity contribution in [2.75, 3.05) is 0 Å². The lowest BCUT2D eigenvalue weighted by atomic mass is 10.1. The predicted octanol–water partition coefficient (Wildman–Crippen LogP) is 2.34. The average molecular weight is 377 g/mol. The largest absolute Gasteiger partial charge is 0.350 e. The number of sulfonamides is 1. The molecule has 1 amide bonds. The maximum absolute atomic E-state index is 12.3. The number of carbonyl (C=O) groups excluding carboxylic acids is 1. The lowest BCUT2D eigenvalue weighted by molar-refractivity contribution is -0.123. The Hall–Kier alpha value is -0.920. The van der Waals surface area contributed by atoms with E-state index in [0.29, 0.717) is 0 Å². The van der Waals surface area contributed by atoms with Gasteiger partial charge < -0.3 is 5.32 Å². The van der Waals surface area contributed by atoms with Crippen LogP contribution in [0.2, 0.25) is 0 Å². The molecule has 5 nitrogen and oxygen atoms in total. The van der Waals surface area contributed by atoms with Crippen LogP contribution < -0.4 is 10.0 Å². The van der Waals surface area contributed by atoms with Crippen molar-refractivity contribution < 1.29 is 13.2 Å². The highest BCUT2D eigenvalue weighted by atomic mass is 79.9. The van der Waals surface area contributed by atoms with Crippen molar-refractivity contribution in [3.05, 3.63) is 28.2 Å². The molecule has 0 aliphatic heterocycles. The molecule has 0 radical (unpaired) electrons. The van der Waals surface area contributed by atoms with E-state index in [2.05, 4.69) is 26.0 Å². The zero-order chi connectivity index (χ0) is 16.4. The quantitative estimate of drug-likeness (QED) is 0.846. The molecule has 7 heteroatoms. The summed E-state index contributed by atoms with van der Waals surface area (Å²) in [4.78, 5) is 12.1. The number of hydrogen-bond acceptors (Lipinski definition) is 3. The molecule has 1 rings (SSSR count). The molecular weight excluding hydrogens is 356 g/mol. The first-order valence-electron chi connectivity index (χ1n) is 6.53. The zero-order valence-electron chi connectivity index (χ0n) is 12.8. The number of carbonyl (C=O) groups is 1. The smallest absolute Gasteiger partial charge is 0.241 e. The van der Waals surface area contributed by atoms with E-state index in [1.54, 1.807) is 19.1 Å². The van der Waals surface area contributed by atoms with Crippen molar-refractivity contribution in [2.45, 2.75) is 51.1 Å². The van der Waals surface area contributed by atoms with Crippen LogP contribution in [0, 0.1) is 6.92 Å². The van der Waals surface area contributed by atoms with Crippen molar-refractivity contribution in [2.24, 2.45) is 0 Å². The molecule has 0 spiro atoms. The van der Waals surface area contributed by atoms with E-state index in [-0.39, 0.29) is 10.8 Å². The fourth-order valence-corrected chi connectivity index (χ4v) is 3.15. The average Bonchev–Trinajstić information content (AvgIpc) is 2.29. The van der Waals surface area contributed by atoms with E-state index in [4.69, 9.17) is 0 Å². The van der Waals surface area contributed by atoms with Gasteiger partial charge in [0, 0.05) is 10.0 Å². The van der Waals surface area contributed by atoms with Crippen LogP contribution in [-0.2, 0) is 14.8 Å². The van der Waals surface area contributed by atoms with Gasteiger partial charge in [-0.1, -0.05) is 15.9 Å². The summed E-state index contributed by atoms with van der Waals surface area (Å²) in [6.07, 6.45) is 0. The fraction of sp³-hybridized carbons (Fsp3) is 0.500. The van der Waals surface area contributed by atoms with Crippen LogP contribution in [0.25, 0.3) is 0 Å². The van der Waals surface area contributed by atoms with E-state index >= 15 is 0 Å². The predicted molar refractivity (Wildman–Crippen MR) is 86.6 cm³/mol. The van der Waals surface area contributed by atoms with Gasteiger partial charge in [0.1, 0.15) is 0 Å². The SMILES string of the molecule is Cc1cc(S(=O)(=O)NC(C)C(=O)NC(C)(C)C)ccc1Br. The Morgan fingerprint density at radius 3 is 2.33 bits per heavy atom. The number of aryl methyl sites for hydroxylation is 1. The van der Waals surface area contributed by atoms with Gasteiger partial charge in [0.2, 0.25) is 15.9 Å².